The van der Waals surface area contributed by atoms with Crippen molar-refractivity contribution in [3.8, 4) is 16.1 Å². The molecule has 5 aromatic rings. The number of aryl methyl sites for hydroxylation is 2. The van der Waals surface area contributed by atoms with Crippen LogP contribution in [0, 0.1) is 6.92 Å². The number of alkyl halides is 3. The van der Waals surface area contributed by atoms with Crippen LogP contribution >= 0.6 is 22.9 Å². The maximum Gasteiger partial charge on any atom is 0.490 e. The number of hydrogen-bond acceptors (Lipinski definition) is 7. The van der Waals surface area contributed by atoms with Gasteiger partial charge in [-0.2, -0.15) is 13.2 Å². The number of nitrogens with zero attached hydrogens (tertiary/aromatic N) is 6. The molecule has 3 aromatic heterocycles. The summed E-state index contributed by atoms with van der Waals surface area (Å²) in [7, 11) is 2.19. The van der Waals surface area contributed by atoms with Gasteiger partial charge in [-0.3, -0.25) is 9.36 Å². The Balaban J connectivity index is 0.000000493. The Morgan fingerprint density at radius 2 is 1.70 bits per heavy atom. The normalized spacial score (nSPS) is 14.6. The van der Waals surface area contributed by atoms with E-state index in [9.17, 15) is 18.0 Å². The number of carboxylic acid groups (broad SMARTS) is 1. The van der Waals surface area contributed by atoms with Crippen molar-refractivity contribution in [1.82, 2.24) is 28.9 Å². The Hall–Kier alpha value is -3.78. The lowest BCUT2D eigenvalue weighted by atomic mass is 10.2. The number of aromatic nitrogens is 4. The third kappa shape index (κ3) is 7.12. The first-order valence-electron chi connectivity index (χ1n) is 13.9. The summed E-state index contributed by atoms with van der Waals surface area (Å²) in [5, 5.41) is 7.81. The summed E-state index contributed by atoms with van der Waals surface area (Å²) in [5.74, 6) is -1.76. The molecule has 2 aromatic carbocycles. The number of carbonyl (C=O) groups is 1. The van der Waals surface area contributed by atoms with Gasteiger partial charge in [-0.1, -0.05) is 23.7 Å². The van der Waals surface area contributed by atoms with E-state index in [4.69, 9.17) is 26.5 Å². The predicted molar refractivity (Wildman–Crippen MR) is 166 cm³/mol. The van der Waals surface area contributed by atoms with E-state index in [-0.39, 0.29) is 5.56 Å². The summed E-state index contributed by atoms with van der Waals surface area (Å²) < 4.78 is 36.3. The molecule has 9 nitrogen and oxygen atoms in total. The largest absolute Gasteiger partial charge is 0.490 e. The molecule has 0 aliphatic carbocycles. The molecule has 0 amide bonds. The van der Waals surface area contributed by atoms with Gasteiger partial charge in [0, 0.05) is 42.6 Å². The van der Waals surface area contributed by atoms with E-state index in [0.29, 0.717) is 15.2 Å². The van der Waals surface area contributed by atoms with Crippen molar-refractivity contribution in [3.05, 3.63) is 76.1 Å². The quantitative estimate of drug-likeness (QED) is 0.253. The highest BCUT2D eigenvalue weighted by atomic mass is 35.5. The number of hydrogen-bond donors (Lipinski definition) is 1. The average molecular weight is 647 g/mol. The Kier molecular flexibility index (Phi) is 9.39. The molecule has 4 heterocycles. The zero-order chi connectivity index (χ0) is 31.6. The van der Waals surface area contributed by atoms with Crippen molar-refractivity contribution >= 4 is 50.2 Å². The molecule has 0 atom stereocenters. The van der Waals surface area contributed by atoms with Crippen LogP contribution in [0.1, 0.15) is 12.2 Å². The van der Waals surface area contributed by atoms with Gasteiger partial charge in [0.05, 0.1) is 22.2 Å². The van der Waals surface area contributed by atoms with Gasteiger partial charge in [0.25, 0.3) is 5.56 Å². The second-order valence-electron chi connectivity index (χ2n) is 10.5. The molecule has 0 bridgehead atoms. The van der Waals surface area contributed by atoms with E-state index in [1.165, 1.54) is 11.3 Å². The van der Waals surface area contributed by atoms with Crippen LogP contribution in [0.3, 0.4) is 0 Å². The minimum absolute atomic E-state index is 0.0714. The molecule has 0 saturated carbocycles. The molecule has 1 N–H and O–H groups in total. The molecule has 1 saturated heterocycles. The van der Waals surface area contributed by atoms with Gasteiger partial charge in [0.1, 0.15) is 16.9 Å². The minimum Gasteiger partial charge on any atom is -0.475 e. The molecular formula is C30H30ClF3N6O3S. The summed E-state index contributed by atoms with van der Waals surface area (Å²) in [5.41, 5.74) is 4.43. The molecule has 1 aliphatic heterocycles. The van der Waals surface area contributed by atoms with Gasteiger partial charge in [0.15, 0.2) is 0 Å². The number of thiophene rings is 1. The molecule has 0 radical (unpaired) electrons. The number of rotatable bonds is 6. The lowest BCUT2D eigenvalue weighted by molar-refractivity contribution is -0.192. The Labute approximate surface area is 259 Å². The van der Waals surface area contributed by atoms with Crippen LogP contribution in [0.25, 0.3) is 37.4 Å². The van der Waals surface area contributed by atoms with Crippen LogP contribution in [0.15, 0.2) is 59.7 Å². The van der Waals surface area contributed by atoms with E-state index in [2.05, 4.69) is 39.4 Å². The third-order valence-electron chi connectivity index (χ3n) is 7.46. The van der Waals surface area contributed by atoms with Gasteiger partial charge >= 0.3 is 12.1 Å². The van der Waals surface area contributed by atoms with E-state index in [1.807, 2.05) is 42.5 Å². The predicted octanol–water partition coefficient (Wildman–Crippen LogP) is 5.70. The number of halogens is 4. The number of imidazole rings is 1. The van der Waals surface area contributed by atoms with E-state index in [0.717, 1.165) is 78.7 Å². The highest BCUT2D eigenvalue weighted by Crippen LogP contribution is 2.32. The van der Waals surface area contributed by atoms with Crippen molar-refractivity contribution in [1.29, 1.82) is 0 Å². The summed E-state index contributed by atoms with van der Waals surface area (Å²) >= 11 is 7.49. The van der Waals surface area contributed by atoms with Gasteiger partial charge in [-0.15, -0.1) is 11.3 Å². The first-order valence-corrected chi connectivity index (χ1v) is 15.1. The van der Waals surface area contributed by atoms with Crippen LogP contribution in [0.5, 0.6) is 0 Å². The number of carboxylic acids is 1. The lowest BCUT2D eigenvalue weighted by Crippen LogP contribution is -2.44. The molecule has 232 valence electrons. The fraction of sp³-hybridized carbons (Fsp3) is 0.333. The fourth-order valence-corrected chi connectivity index (χ4v) is 6.22. The highest BCUT2D eigenvalue weighted by molar-refractivity contribution is 7.22. The van der Waals surface area contributed by atoms with Crippen LogP contribution in [-0.4, -0.2) is 85.9 Å². The van der Waals surface area contributed by atoms with E-state index < -0.39 is 12.1 Å². The monoisotopic (exact) mass is 646 g/mol. The van der Waals surface area contributed by atoms with Crippen molar-refractivity contribution < 1.29 is 23.1 Å². The fourth-order valence-electron chi connectivity index (χ4n) is 5.05. The van der Waals surface area contributed by atoms with Crippen LogP contribution in [0.2, 0.25) is 5.02 Å². The molecule has 1 aliphatic rings. The average Bonchev–Trinajstić information content (AvgIpc) is 3.55. The number of fused-ring (bicyclic) bond motifs is 2. The Bertz CT molecular complexity index is 1840. The molecular weight excluding hydrogens is 617 g/mol. The molecule has 14 heteroatoms. The van der Waals surface area contributed by atoms with Crippen LogP contribution in [0.4, 0.5) is 13.2 Å². The molecule has 0 unspecified atom stereocenters. The van der Waals surface area contributed by atoms with Crippen molar-refractivity contribution in [2.24, 2.45) is 0 Å². The van der Waals surface area contributed by atoms with Gasteiger partial charge in [-0.05, 0) is 68.9 Å². The Morgan fingerprint density at radius 1 is 1.02 bits per heavy atom. The van der Waals surface area contributed by atoms with Gasteiger partial charge in [-0.25, -0.2) is 14.8 Å². The topological polar surface area (TPSA) is 96.5 Å². The maximum atomic E-state index is 13.4. The SMILES string of the molecule is Cc1nc2cc(-n3cnc4cc(-c5ccc(Cl)cc5)sc4c3=O)ccc2n1CCCN1CCN(C)CC1.O=C(O)C(F)(F)F. The summed E-state index contributed by atoms with van der Waals surface area (Å²) in [6.45, 7) is 8.66. The smallest absolute Gasteiger partial charge is 0.475 e. The number of piperazine rings is 1. The minimum atomic E-state index is -5.08. The standard InChI is InChI=1S/C28H29ClN6OS.C2HF3O2/c1-19-31-23-16-22(8-9-25(23)34(19)11-3-10-33-14-12-32(2)13-15-33)35-18-30-24-17-26(37-27(24)28(35)36)20-4-6-21(29)7-5-20;3-2(4,5)1(6)7/h4-9,16-18H,3,10-15H2,1-2H3;(H,6,7). The van der Waals surface area contributed by atoms with Crippen molar-refractivity contribution in [3.63, 3.8) is 0 Å². The van der Waals surface area contributed by atoms with Crippen LogP contribution < -0.4 is 5.56 Å². The van der Waals surface area contributed by atoms with Gasteiger partial charge in [0.2, 0.25) is 0 Å². The summed E-state index contributed by atoms with van der Waals surface area (Å²) in [4.78, 5) is 37.7. The van der Waals surface area contributed by atoms with Crippen LogP contribution in [-0.2, 0) is 11.3 Å². The summed E-state index contributed by atoms with van der Waals surface area (Å²) in [6, 6.07) is 15.7. The maximum absolute atomic E-state index is 13.4. The molecule has 6 rings (SSSR count). The van der Waals surface area contributed by atoms with Crippen molar-refractivity contribution in [2.45, 2.75) is 26.1 Å². The first kappa shape index (κ1) is 31.6. The number of aliphatic carboxylic acids is 1. The molecule has 44 heavy (non-hydrogen) atoms. The van der Waals surface area contributed by atoms with E-state index >= 15 is 0 Å². The highest BCUT2D eigenvalue weighted by Gasteiger charge is 2.38. The van der Waals surface area contributed by atoms with Gasteiger partial charge < -0.3 is 19.5 Å². The summed E-state index contributed by atoms with van der Waals surface area (Å²) in [6.07, 6.45) is -2.38. The van der Waals surface area contributed by atoms with Crippen molar-refractivity contribution in [2.75, 3.05) is 39.8 Å². The van der Waals surface area contributed by atoms with E-state index in [1.54, 1.807) is 10.9 Å². The first-order chi connectivity index (χ1) is 20.9. The third-order valence-corrected chi connectivity index (χ3v) is 8.88. The number of benzene rings is 2. The second kappa shape index (κ2) is 13.1. The second-order valence-corrected chi connectivity index (χ2v) is 12.0. The number of likely N-dealkylation sites (N-methyl/N-ethyl adjacent to an activating group) is 1. The molecule has 0 spiro atoms. The lowest BCUT2D eigenvalue weighted by Gasteiger charge is -2.32. The Morgan fingerprint density at radius 3 is 2.36 bits per heavy atom. The zero-order valence-electron chi connectivity index (χ0n) is 24.0. The molecule has 1 fully saturated rings. The zero-order valence-corrected chi connectivity index (χ0v) is 25.6.